The Bertz CT molecular complexity index is 1260. The van der Waals surface area contributed by atoms with Gasteiger partial charge in [-0.15, -0.1) is 0 Å². The first-order chi connectivity index (χ1) is 16.0. The Hall–Kier alpha value is -3.40. The van der Waals surface area contributed by atoms with Crippen molar-refractivity contribution >= 4 is 23.1 Å². The summed E-state index contributed by atoms with van der Waals surface area (Å²) >= 11 is 0. The summed E-state index contributed by atoms with van der Waals surface area (Å²) in [4.78, 5) is 28.7. The number of halogens is 1. The van der Waals surface area contributed by atoms with Gasteiger partial charge in [0.25, 0.3) is 5.91 Å². The van der Waals surface area contributed by atoms with E-state index in [1.54, 1.807) is 17.3 Å². The first kappa shape index (κ1) is 20.2. The van der Waals surface area contributed by atoms with E-state index >= 15 is 0 Å². The number of piperazine rings is 1. The minimum Gasteiger partial charge on any atom is -0.493 e. The molecule has 0 saturated carbocycles. The van der Waals surface area contributed by atoms with Crippen molar-refractivity contribution in [3.05, 3.63) is 47.3 Å². The maximum Gasteiger partial charge on any atom is 0.274 e. The van der Waals surface area contributed by atoms with Crippen LogP contribution in [-0.4, -0.2) is 83.0 Å². The maximum atomic E-state index is 14.6. The van der Waals surface area contributed by atoms with E-state index in [9.17, 15) is 9.18 Å². The van der Waals surface area contributed by atoms with Crippen LogP contribution in [0.4, 0.5) is 16.0 Å². The van der Waals surface area contributed by atoms with E-state index in [0.29, 0.717) is 36.8 Å². The van der Waals surface area contributed by atoms with Crippen molar-refractivity contribution in [2.45, 2.75) is 19.0 Å². The molecule has 3 aliphatic rings. The monoisotopic (exact) mass is 451 g/mol. The fourth-order valence-corrected chi connectivity index (χ4v) is 5.23. The summed E-state index contributed by atoms with van der Waals surface area (Å²) in [6.07, 6.45) is 4.13. The number of carbonyl (C=O) groups excluding carboxylic acids is 1. The average molecular weight is 452 g/mol. The quantitative estimate of drug-likeness (QED) is 0.648. The van der Waals surface area contributed by atoms with Crippen molar-refractivity contribution in [1.29, 1.82) is 0 Å². The van der Waals surface area contributed by atoms with Gasteiger partial charge in [-0.3, -0.25) is 9.20 Å². The van der Waals surface area contributed by atoms with Crippen LogP contribution in [0.15, 0.2) is 24.7 Å². The summed E-state index contributed by atoms with van der Waals surface area (Å²) in [6.45, 7) is 4.10. The molecule has 2 aromatic heterocycles. The Morgan fingerprint density at radius 2 is 2.09 bits per heavy atom. The highest BCUT2D eigenvalue weighted by Crippen LogP contribution is 2.33. The number of rotatable bonds is 3. The van der Waals surface area contributed by atoms with Gasteiger partial charge in [0.2, 0.25) is 5.95 Å². The van der Waals surface area contributed by atoms with Crippen LogP contribution in [0.2, 0.25) is 0 Å². The van der Waals surface area contributed by atoms with Gasteiger partial charge in [-0.05, 0) is 19.2 Å². The van der Waals surface area contributed by atoms with E-state index < -0.39 is 0 Å². The normalized spacial score (nSPS) is 20.3. The van der Waals surface area contributed by atoms with Crippen LogP contribution in [0.25, 0.3) is 5.52 Å². The maximum absolute atomic E-state index is 14.6. The molecule has 1 N–H and O–H groups in total. The van der Waals surface area contributed by atoms with Gasteiger partial charge in [0.1, 0.15) is 23.4 Å². The van der Waals surface area contributed by atoms with Crippen LogP contribution in [-0.2, 0) is 13.0 Å². The van der Waals surface area contributed by atoms with Gasteiger partial charge in [-0.25, -0.2) is 14.4 Å². The number of hydrogen-bond donors (Lipinski definition) is 1. The van der Waals surface area contributed by atoms with Crippen LogP contribution in [0.5, 0.6) is 5.75 Å². The average Bonchev–Trinajstić information content (AvgIpc) is 3.45. The summed E-state index contributed by atoms with van der Waals surface area (Å²) in [5, 5.41) is 3.27. The summed E-state index contributed by atoms with van der Waals surface area (Å²) in [7, 11) is 3.93. The smallest absolute Gasteiger partial charge is 0.274 e. The van der Waals surface area contributed by atoms with Crippen LogP contribution in [0.3, 0.4) is 0 Å². The number of nitrogens with zero attached hydrogens (tertiary/aromatic N) is 6. The number of nitrogens with one attached hydrogen (secondary N) is 1. The van der Waals surface area contributed by atoms with Crippen LogP contribution >= 0.6 is 0 Å². The van der Waals surface area contributed by atoms with Gasteiger partial charge in [-0.1, -0.05) is 0 Å². The predicted molar refractivity (Wildman–Crippen MR) is 122 cm³/mol. The van der Waals surface area contributed by atoms with Crippen LogP contribution < -0.4 is 15.0 Å². The lowest BCUT2D eigenvalue weighted by Crippen LogP contribution is -2.57. The molecule has 172 valence electrons. The summed E-state index contributed by atoms with van der Waals surface area (Å²) in [5.41, 5.74) is 3.54. The van der Waals surface area contributed by atoms with E-state index in [2.05, 4.69) is 32.1 Å². The second-order valence-corrected chi connectivity index (χ2v) is 9.03. The van der Waals surface area contributed by atoms with Gasteiger partial charge in [0, 0.05) is 57.3 Å². The fraction of sp³-hybridized carbons (Fsp3) is 0.435. The number of imidazole rings is 1. The zero-order valence-corrected chi connectivity index (χ0v) is 18.7. The number of anilines is 2. The highest BCUT2D eigenvalue weighted by molar-refractivity contribution is 6.03. The third-order valence-corrected chi connectivity index (χ3v) is 6.94. The Morgan fingerprint density at radius 1 is 1.21 bits per heavy atom. The first-order valence-corrected chi connectivity index (χ1v) is 11.2. The molecular formula is C23H26FN7O2. The van der Waals surface area contributed by atoms with E-state index in [-0.39, 0.29) is 24.3 Å². The number of hydrogen-bond acceptors (Lipinski definition) is 7. The molecule has 10 heteroatoms. The lowest BCUT2D eigenvalue weighted by molar-refractivity contribution is 0.0768. The molecule has 1 saturated heterocycles. The van der Waals surface area contributed by atoms with Crippen molar-refractivity contribution in [3.8, 4) is 5.75 Å². The Balaban J connectivity index is 1.40. The van der Waals surface area contributed by atoms with E-state index in [1.165, 1.54) is 6.07 Å². The lowest BCUT2D eigenvalue weighted by Gasteiger charge is -2.43. The molecule has 6 rings (SSSR count). The molecule has 0 spiro atoms. The summed E-state index contributed by atoms with van der Waals surface area (Å²) in [6, 6.07) is 3.30. The largest absolute Gasteiger partial charge is 0.493 e. The topological polar surface area (TPSA) is 78.2 Å². The minimum absolute atomic E-state index is 0.104. The lowest BCUT2D eigenvalue weighted by atomic mass is 10.0. The standard InChI is InChI=1S/C23H26FN7O2/c1-28-6-7-30-14(11-28)12-29(2)22(32)20-21-18(30)10-26-23(31(21)13-27-20)25-9-16-15-5-8-33-19(15)4-3-17(16)24/h3-4,10,13-14H,5-9,11-12H2,1-2H3,(H,25,26)/t14-/m1/s1. The molecule has 1 amide bonds. The van der Waals surface area contributed by atoms with Crippen molar-refractivity contribution in [2.24, 2.45) is 0 Å². The predicted octanol–water partition coefficient (Wildman–Crippen LogP) is 1.62. The highest BCUT2D eigenvalue weighted by atomic mass is 19.1. The van der Waals surface area contributed by atoms with Gasteiger partial charge in [-0.2, -0.15) is 0 Å². The summed E-state index contributed by atoms with van der Waals surface area (Å²) in [5.74, 6) is 0.888. The van der Waals surface area contributed by atoms with Crippen molar-refractivity contribution in [3.63, 3.8) is 0 Å². The molecule has 1 atom stereocenters. The third kappa shape index (κ3) is 3.19. The molecular weight excluding hydrogens is 425 g/mol. The number of aromatic nitrogens is 3. The van der Waals surface area contributed by atoms with E-state index in [1.807, 2.05) is 17.6 Å². The van der Waals surface area contributed by atoms with Gasteiger partial charge >= 0.3 is 0 Å². The first-order valence-electron chi connectivity index (χ1n) is 11.2. The molecule has 0 radical (unpaired) electrons. The number of amides is 1. The Labute approximate surface area is 190 Å². The van der Waals surface area contributed by atoms with Crippen LogP contribution in [0.1, 0.15) is 21.6 Å². The SMILES string of the molecule is CN1CCN2c3cnc(NCc4c(F)ccc5c4CCO5)n4cnc(c34)C(=O)N(C)C[C@H]2C1. The van der Waals surface area contributed by atoms with Gasteiger partial charge < -0.3 is 24.8 Å². The van der Waals surface area contributed by atoms with Crippen molar-refractivity contribution < 1.29 is 13.9 Å². The number of benzene rings is 1. The number of fused-ring (bicyclic) bond motifs is 3. The highest BCUT2D eigenvalue weighted by Gasteiger charge is 2.34. The molecule has 33 heavy (non-hydrogen) atoms. The Kier molecular flexibility index (Phi) is 4.65. The van der Waals surface area contributed by atoms with Gasteiger partial charge in [0.05, 0.1) is 24.5 Å². The number of likely N-dealkylation sites (N-methyl/N-ethyl adjacent to an activating group) is 2. The van der Waals surface area contributed by atoms with Crippen LogP contribution in [0, 0.1) is 5.82 Å². The summed E-state index contributed by atoms with van der Waals surface area (Å²) < 4.78 is 22.0. The van der Waals surface area contributed by atoms with Crippen molar-refractivity contribution in [1.82, 2.24) is 24.2 Å². The third-order valence-electron chi connectivity index (χ3n) is 6.94. The number of carbonyl (C=O) groups is 1. The minimum atomic E-state index is -0.266. The zero-order valence-electron chi connectivity index (χ0n) is 18.7. The fourth-order valence-electron chi connectivity index (χ4n) is 5.23. The molecule has 3 aliphatic heterocycles. The van der Waals surface area contributed by atoms with E-state index in [4.69, 9.17) is 4.74 Å². The molecule has 1 aromatic carbocycles. The molecule has 9 nitrogen and oxygen atoms in total. The molecule has 0 aliphatic carbocycles. The zero-order chi connectivity index (χ0) is 22.7. The molecule has 3 aromatic rings. The molecule has 0 unspecified atom stereocenters. The molecule has 0 bridgehead atoms. The molecule has 5 heterocycles. The van der Waals surface area contributed by atoms with E-state index in [0.717, 1.165) is 42.2 Å². The Morgan fingerprint density at radius 3 is 2.97 bits per heavy atom. The van der Waals surface area contributed by atoms with Crippen molar-refractivity contribution in [2.75, 3.05) is 57.1 Å². The second-order valence-electron chi connectivity index (χ2n) is 9.03. The van der Waals surface area contributed by atoms with Gasteiger partial charge in [0.15, 0.2) is 5.69 Å². The number of ether oxygens (including phenoxy) is 1. The molecule has 1 fully saturated rings. The second kappa shape index (κ2) is 7.58.